The van der Waals surface area contributed by atoms with Crippen LogP contribution in [-0.4, -0.2) is 28.3 Å². The molecule has 0 radical (unpaired) electrons. The van der Waals surface area contributed by atoms with Crippen molar-refractivity contribution in [2.45, 2.75) is 19.3 Å². The van der Waals surface area contributed by atoms with Crippen LogP contribution in [0.3, 0.4) is 0 Å². The SMILES string of the molecule is Clc1cccc(CCNc2nncc(NCCCc3ccccc3)n2)c1. The van der Waals surface area contributed by atoms with Crippen molar-refractivity contribution in [2.75, 3.05) is 23.7 Å². The van der Waals surface area contributed by atoms with Gasteiger partial charge in [0.05, 0.1) is 6.20 Å². The predicted molar refractivity (Wildman–Crippen MR) is 107 cm³/mol. The average Bonchev–Trinajstić information content (AvgIpc) is 2.67. The van der Waals surface area contributed by atoms with Gasteiger partial charge in [0.15, 0.2) is 0 Å². The fourth-order valence-electron chi connectivity index (χ4n) is 2.63. The Bertz CT molecular complexity index is 810. The van der Waals surface area contributed by atoms with Crippen LogP contribution in [-0.2, 0) is 12.8 Å². The first-order chi connectivity index (χ1) is 12.8. The van der Waals surface area contributed by atoms with Crippen LogP contribution in [0.2, 0.25) is 5.02 Å². The van der Waals surface area contributed by atoms with Crippen LogP contribution in [0.15, 0.2) is 60.8 Å². The molecule has 1 aromatic heterocycles. The summed E-state index contributed by atoms with van der Waals surface area (Å²) in [5.74, 6) is 1.26. The van der Waals surface area contributed by atoms with E-state index in [0.29, 0.717) is 5.95 Å². The van der Waals surface area contributed by atoms with Gasteiger partial charge in [-0.25, -0.2) is 0 Å². The Hall–Kier alpha value is -2.66. The molecular weight excluding hydrogens is 346 g/mol. The van der Waals surface area contributed by atoms with Gasteiger partial charge in [-0.2, -0.15) is 10.1 Å². The largest absolute Gasteiger partial charge is 0.369 e. The molecule has 0 bridgehead atoms. The van der Waals surface area contributed by atoms with E-state index >= 15 is 0 Å². The highest BCUT2D eigenvalue weighted by Crippen LogP contribution is 2.11. The monoisotopic (exact) mass is 367 g/mol. The number of anilines is 2. The van der Waals surface area contributed by atoms with Crippen molar-refractivity contribution < 1.29 is 0 Å². The Morgan fingerprint density at radius 1 is 0.846 bits per heavy atom. The van der Waals surface area contributed by atoms with Gasteiger partial charge in [-0.1, -0.05) is 54.1 Å². The van der Waals surface area contributed by atoms with E-state index in [-0.39, 0.29) is 0 Å². The first kappa shape index (κ1) is 18.1. The summed E-state index contributed by atoms with van der Waals surface area (Å²) in [6.07, 6.45) is 4.56. The molecule has 0 aliphatic carbocycles. The van der Waals surface area contributed by atoms with Gasteiger partial charge >= 0.3 is 0 Å². The number of rotatable bonds is 9. The van der Waals surface area contributed by atoms with Crippen LogP contribution >= 0.6 is 11.6 Å². The zero-order valence-corrected chi connectivity index (χ0v) is 15.3. The summed E-state index contributed by atoms with van der Waals surface area (Å²) < 4.78 is 0. The van der Waals surface area contributed by atoms with Gasteiger partial charge in [-0.05, 0) is 42.5 Å². The van der Waals surface area contributed by atoms with Crippen LogP contribution < -0.4 is 10.6 Å². The normalized spacial score (nSPS) is 10.5. The summed E-state index contributed by atoms with van der Waals surface area (Å²) in [5.41, 5.74) is 2.52. The lowest BCUT2D eigenvalue weighted by molar-refractivity contribution is 0.851. The van der Waals surface area contributed by atoms with Crippen LogP contribution in [0, 0.1) is 0 Å². The van der Waals surface area contributed by atoms with E-state index in [2.05, 4.69) is 56.1 Å². The minimum absolute atomic E-state index is 0.528. The van der Waals surface area contributed by atoms with E-state index in [0.717, 1.165) is 43.2 Å². The maximum atomic E-state index is 6.00. The minimum atomic E-state index is 0.528. The van der Waals surface area contributed by atoms with E-state index in [9.17, 15) is 0 Å². The predicted octanol–water partition coefficient (Wildman–Crippen LogP) is 4.22. The fraction of sp³-hybridized carbons (Fsp3) is 0.250. The molecule has 0 saturated heterocycles. The van der Waals surface area contributed by atoms with Gasteiger partial charge in [0.2, 0.25) is 5.95 Å². The molecule has 2 aromatic carbocycles. The molecule has 0 saturated carbocycles. The summed E-state index contributed by atoms with van der Waals surface area (Å²) in [7, 11) is 0. The van der Waals surface area contributed by atoms with E-state index in [1.165, 1.54) is 11.1 Å². The maximum Gasteiger partial charge on any atom is 0.244 e. The van der Waals surface area contributed by atoms with E-state index in [4.69, 9.17) is 11.6 Å². The third-order valence-corrected chi connectivity index (χ3v) is 4.17. The lowest BCUT2D eigenvalue weighted by Gasteiger charge is -2.08. The molecule has 0 amide bonds. The topological polar surface area (TPSA) is 62.7 Å². The summed E-state index contributed by atoms with van der Waals surface area (Å²) in [4.78, 5) is 4.44. The minimum Gasteiger partial charge on any atom is -0.369 e. The molecule has 3 aromatic rings. The van der Waals surface area contributed by atoms with Crippen molar-refractivity contribution in [3.05, 3.63) is 76.9 Å². The van der Waals surface area contributed by atoms with Crippen LogP contribution in [0.25, 0.3) is 0 Å². The standard InChI is InChI=1S/C20H22ClN5/c21-18-10-4-8-17(14-18)11-13-23-20-25-19(15-24-26-20)22-12-5-9-16-6-2-1-3-7-16/h1-4,6-8,10,14-15H,5,9,11-13H2,(H2,22,23,25,26). The van der Waals surface area contributed by atoms with Crippen LogP contribution in [0.4, 0.5) is 11.8 Å². The molecule has 5 nitrogen and oxygen atoms in total. The van der Waals surface area contributed by atoms with Crippen molar-refractivity contribution in [3.8, 4) is 0 Å². The van der Waals surface area contributed by atoms with Crippen molar-refractivity contribution in [3.63, 3.8) is 0 Å². The Morgan fingerprint density at radius 3 is 2.54 bits per heavy atom. The summed E-state index contributed by atoms with van der Waals surface area (Å²) in [5, 5.41) is 15.3. The van der Waals surface area contributed by atoms with Gasteiger partial charge in [0.25, 0.3) is 0 Å². The molecule has 1 heterocycles. The number of hydrogen-bond donors (Lipinski definition) is 2. The molecule has 6 heteroatoms. The summed E-state index contributed by atoms with van der Waals surface area (Å²) >= 11 is 6.00. The summed E-state index contributed by atoms with van der Waals surface area (Å²) in [6.45, 7) is 1.56. The zero-order chi connectivity index (χ0) is 18.0. The molecule has 134 valence electrons. The van der Waals surface area contributed by atoms with Crippen LogP contribution in [0.1, 0.15) is 17.5 Å². The molecule has 2 N–H and O–H groups in total. The lowest BCUT2D eigenvalue weighted by Crippen LogP contribution is -2.11. The average molecular weight is 368 g/mol. The lowest BCUT2D eigenvalue weighted by atomic mass is 10.1. The first-order valence-electron chi connectivity index (χ1n) is 8.75. The zero-order valence-electron chi connectivity index (χ0n) is 14.5. The number of halogens is 1. The second kappa shape index (κ2) is 9.73. The molecular formula is C20H22ClN5. The maximum absolute atomic E-state index is 6.00. The van der Waals surface area contributed by atoms with Gasteiger partial charge in [-0.3, -0.25) is 0 Å². The Balaban J connectivity index is 1.41. The van der Waals surface area contributed by atoms with Gasteiger partial charge in [0, 0.05) is 18.1 Å². The third-order valence-electron chi connectivity index (χ3n) is 3.94. The second-order valence-electron chi connectivity index (χ2n) is 5.99. The first-order valence-corrected chi connectivity index (χ1v) is 9.13. The molecule has 0 aliphatic rings. The van der Waals surface area contributed by atoms with Crippen molar-refractivity contribution in [1.29, 1.82) is 0 Å². The highest BCUT2D eigenvalue weighted by atomic mass is 35.5. The Labute approximate surface area is 158 Å². The molecule has 0 atom stereocenters. The van der Waals surface area contributed by atoms with E-state index in [1.54, 1.807) is 6.20 Å². The molecule has 3 rings (SSSR count). The molecule has 0 aliphatic heterocycles. The van der Waals surface area contributed by atoms with Crippen LogP contribution in [0.5, 0.6) is 0 Å². The van der Waals surface area contributed by atoms with E-state index < -0.39 is 0 Å². The highest BCUT2D eigenvalue weighted by molar-refractivity contribution is 6.30. The third kappa shape index (κ3) is 6.01. The Kier molecular flexibility index (Phi) is 6.79. The van der Waals surface area contributed by atoms with Gasteiger partial charge in [-0.15, -0.1) is 5.10 Å². The number of aryl methyl sites for hydroxylation is 1. The number of nitrogens with one attached hydrogen (secondary N) is 2. The molecule has 26 heavy (non-hydrogen) atoms. The number of aromatic nitrogens is 3. The van der Waals surface area contributed by atoms with Crippen molar-refractivity contribution in [1.82, 2.24) is 15.2 Å². The Morgan fingerprint density at radius 2 is 1.69 bits per heavy atom. The number of nitrogens with zero attached hydrogens (tertiary/aromatic N) is 3. The van der Waals surface area contributed by atoms with Crippen molar-refractivity contribution >= 4 is 23.4 Å². The molecule has 0 unspecified atom stereocenters. The quantitative estimate of drug-likeness (QED) is 0.554. The van der Waals surface area contributed by atoms with Crippen molar-refractivity contribution in [2.24, 2.45) is 0 Å². The smallest absolute Gasteiger partial charge is 0.244 e. The number of hydrogen-bond acceptors (Lipinski definition) is 5. The van der Waals surface area contributed by atoms with E-state index in [1.807, 2.05) is 24.3 Å². The van der Waals surface area contributed by atoms with Gasteiger partial charge in [0.1, 0.15) is 5.82 Å². The second-order valence-corrected chi connectivity index (χ2v) is 6.42. The number of benzene rings is 2. The molecule has 0 fully saturated rings. The fourth-order valence-corrected chi connectivity index (χ4v) is 2.84. The highest BCUT2D eigenvalue weighted by Gasteiger charge is 2.01. The van der Waals surface area contributed by atoms with Gasteiger partial charge < -0.3 is 10.6 Å². The summed E-state index contributed by atoms with van der Waals surface area (Å²) in [6, 6.07) is 18.3. The molecule has 0 spiro atoms.